The van der Waals surface area contributed by atoms with Crippen molar-refractivity contribution in [2.24, 2.45) is 0 Å². The molecule has 0 bridgehead atoms. The highest BCUT2D eigenvalue weighted by molar-refractivity contribution is 7.26. The standard InChI is InChI=1S/C33H27N3OS/c1-33(2,3)20-15-16-35-30(17-20)36-26-13-14-29-32(25-9-4-5-10-28(25)38-29)31(26)24-12-11-23(19-27(24)36)37-22-8-6-7-21(34)18-22/h4-19H,34H2,1-3H3. The lowest BCUT2D eigenvalue weighted by atomic mass is 9.88. The van der Waals surface area contributed by atoms with Gasteiger partial charge in [0.1, 0.15) is 17.3 Å². The lowest BCUT2D eigenvalue weighted by Gasteiger charge is -2.20. The van der Waals surface area contributed by atoms with Crippen molar-refractivity contribution in [2.75, 3.05) is 5.73 Å². The van der Waals surface area contributed by atoms with Gasteiger partial charge >= 0.3 is 0 Å². The zero-order chi connectivity index (χ0) is 26.0. The molecule has 0 unspecified atom stereocenters. The molecule has 0 spiro atoms. The fraction of sp³-hybridized carbons (Fsp3) is 0.121. The van der Waals surface area contributed by atoms with Gasteiger partial charge in [0.05, 0.1) is 11.0 Å². The number of fused-ring (bicyclic) bond motifs is 7. The van der Waals surface area contributed by atoms with Gasteiger partial charge in [-0.25, -0.2) is 4.98 Å². The monoisotopic (exact) mass is 513 g/mol. The molecule has 0 aliphatic heterocycles. The molecule has 4 aromatic carbocycles. The number of hydrogen-bond donors (Lipinski definition) is 1. The Morgan fingerprint density at radius 1 is 0.737 bits per heavy atom. The van der Waals surface area contributed by atoms with Crippen molar-refractivity contribution in [1.82, 2.24) is 9.55 Å². The minimum Gasteiger partial charge on any atom is -0.457 e. The molecule has 0 amide bonds. The van der Waals surface area contributed by atoms with E-state index in [1.165, 1.54) is 36.5 Å². The van der Waals surface area contributed by atoms with Crippen molar-refractivity contribution >= 4 is 59.0 Å². The highest BCUT2D eigenvalue weighted by atomic mass is 32.1. The summed E-state index contributed by atoms with van der Waals surface area (Å²) < 4.78 is 11.1. The van der Waals surface area contributed by atoms with E-state index in [0.717, 1.165) is 22.6 Å². The second kappa shape index (κ2) is 8.33. The van der Waals surface area contributed by atoms with Crippen LogP contribution >= 0.6 is 11.3 Å². The summed E-state index contributed by atoms with van der Waals surface area (Å²) in [6.07, 6.45) is 1.92. The SMILES string of the molecule is CC(C)(C)c1ccnc(-n2c3cc(Oc4cccc(N)c4)ccc3c3c4c(ccc32)sc2ccccc24)c1. The van der Waals surface area contributed by atoms with Crippen LogP contribution in [-0.2, 0) is 5.41 Å². The van der Waals surface area contributed by atoms with E-state index in [9.17, 15) is 0 Å². The molecule has 5 heteroatoms. The molecule has 7 rings (SSSR count). The maximum atomic E-state index is 6.26. The number of benzene rings is 4. The van der Waals surface area contributed by atoms with Gasteiger partial charge in [0.25, 0.3) is 0 Å². The zero-order valence-electron chi connectivity index (χ0n) is 21.5. The summed E-state index contributed by atoms with van der Waals surface area (Å²) in [4.78, 5) is 4.86. The lowest BCUT2D eigenvalue weighted by molar-refractivity contribution is 0.483. The minimum atomic E-state index is 0.00872. The Bertz CT molecular complexity index is 2010. The highest BCUT2D eigenvalue weighted by Crippen LogP contribution is 2.44. The van der Waals surface area contributed by atoms with Crippen LogP contribution in [-0.4, -0.2) is 9.55 Å². The molecule has 186 valence electrons. The third kappa shape index (κ3) is 3.62. The van der Waals surface area contributed by atoms with Crippen molar-refractivity contribution in [2.45, 2.75) is 26.2 Å². The molecule has 0 aliphatic rings. The van der Waals surface area contributed by atoms with Gasteiger partial charge in [-0.1, -0.05) is 45.0 Å². The predicted molar refractivity (Wildman–Crippen MR) is 161 cm³/mol. The molecule has 7 aromatic rings. The Morgan fingerprint density at radius 2 is 1.58 bits per heavy atom. The molecule has 0 radical (unpaired) electrons. The topological polar surface area (TPSA) is 53.1 Å². The maximum absolute atomic E-state index is 6.26. The summed E-state index contributed by atoms with van der Waals surface area (Å²) in [6.45, 7) is 6.70. The highest BCUT2D eigenvalue weighted by Gasteiger charge is 2.21. The van der Waals surface area contributed by atoms with E-state index in [0.29, 0.717) is 11.4 Å². The van der Waals surface area contributed by atoms with E-state index in [1.807, 2.05) is 47.9 Å². The maximum Gasteiger partial charge on any atom is 0.137 e. The first-order valence-corrected chi connectivity index (χ1v) is 13.6. The average molecular weight is 514 g/mol. The smallest absolute Gasteiger partial charge is 0.137 e. The fourth-order valence-corrected chi connectivity index (χ4v) is 6.45. The van der Waals surface area contributed by atoms with E-state index >= 15 is 0 Å². The second-order valence-corrected chi connectivity index (χ2v) is 11.9. The summed E-state index contributed by atoms with van der Waals surface area (Å²) in [5.74, 6) is 2.37. The van der Waals surface area contributed by atoms with Gasteiger partial charge in [-0.3, -0.25) is 4.57 Å². The lowest BCUT2D eigenvalue weighted by Crippen LogP contribution is -2.12. The third-order valence-corrected chi connectivity index (χ3v) is 8.31. The van der Waals surface area contributed by atoms with Gasteiger partial charge in [0.15, 0.2) is 0 Å². The predicted octanol–water partition coefficient (Wildman–Crippen LogP) is 9.22. The van der Waals surface area contributed by atoms with Crippen molar-refractivity contribution < 1.29 is 4.74 Å². The molecular weight excluding hydrogens is 486 g/mol. The quantitative estimate of drug-likeness (QED) is 0.240. The summed E-state index contributed by atoms with van der Waals surface area (Å²) in [5.41, 5.74) is 10.1. The Labute approximate surface area is 224 Å². The molecule has 4 nitrogen and oxygen atoms in total. The van der Waals surface area contributed by atoms with Crippen LogP contribution < -0.4 is 10.5 Å². The molecular formula is C33H27N3OS. The van der Waals surface area contributed by atoms with Crippen LogP contribution in [0.1, 0.15) is 26.3 Å². The summed E-state index contributed by atoms with van der Waals surface area (Å²) in [6, 6.07) is 31.3. The number of nitrogen functional groups attached to an aromatic ring is 1. The fourth-order valence-electron chi connectivity index (χ4n) is 5.33. The average Bonchev–Trinajstić information content (AvgIpc) is 3.43. The Balaban J connectivity index is 1.56. The number of nitrogens with two attached hydrogens (primary N) is 1. The zero-order valence-corrected chi connectivity index (χ0v) is 22.3. The van der Waals surface area contributed by atoms with Gasteiger partial charge in [-0.05, 0) is 65.6 Å². The largest absolute Gasteiger partial charge is 0.457 e. The first-order chi connectivity index (χ1) is 18.4. The van der Waals surface area contributed by atoms with Crippen molar-refractivity contribution in [1.29, 1.82) is 0 Å². The Morgan fingerprint density at radius 3 is 2.42 bits per heavy atom. The van der Waals surface area contributed by atoms with Crippen molar-refractivity contribution in [3.05, 3.63) is 103 Å². The second-order valence-electron chi connectivity index (χ2n) is 10.8. The molecule has 38 heavy (non-hydrogen) atoms. The van der Waals surface area contributed by atoms with E-state index in [4.69, 9.17) is 15.5 Å². The van der Waals surface area contributed by atoms with Crippen LogP contribution in [0.25, 0.3) is 47.8 Å². The van der Waals surface area contributed by atoms with Crippen molar-refractivity contribution in [3.8, 4) is 17.3 Å². The Kier molecular flexibility index (Phi) is 5.00. The molecule has 3 aromatic heterocycles. The first kappa shape index (κ1) is 22.8. The van der Waals surface area contributed by atoms with Gasteiger partial charge in [0, 0.05) is 55.0 Å². The number of aromatic nitrogens is 2. The van der Waals surface area contributed by atoms with Crippen molar-refractivity contribution in [3.63, 3.8) is 0 Å². The van der Waals surface area contributed by atoms with E-state index in [-0.39, 0.29) is 5.41 Å². The van der Waals surface area contributed by atoms with Crippen LogP contribution in [0.15, 0.2) is 97.2 Å². The summed E-state index contributed by atoms with van der Waals surface area (Å²) in [5, 5.41) is 5.00. The number of thiophene rings is 1. The normalized spacial score (nSPS) is 12.2. The van der Waals surface area contributed by atoms with Gasteiger partial charge in [-0.2, -0.15) is 0 Å². The van der Waals surface area contributed by atoms with Crippen LogP contribution in [0.5, 0.6) is 11.5 Å². The van der Waals surface area contributed by atoms with Crippen LogP contribution in [0.2, 0.25) is 0 Å². The van der Waals surface area contributed by atoms with Crippen LogP contribution in [0.3, 0.4) is 0 Å². The molecule has 2 N–H and O–H groups in total. The number of pyridine rings is 1. The van der Waals surface area contributed by atoms with Gasteiger partial charge in [-0.15, -0.1) is 11.3 Å². The molecule has 0 saturated heterocycles. The number of nitrogens with zero attached hydrogens (tertiary/aromatic N) is 2. The molecule has 0 aliphatic carbocycles. The van der Waals surface area contributed by atoms with E-state index in [1.54, 1.807) is 0 Å². The number of ether oxygens (including phenoxy) is 1. The van der Waals surface area contributed by atoms with E-state index in [2.05, 4.69) is 86.0 Å². The number of rotatable bonds is 3. The number of hydrogen-bond acceptors (Lipinski definition) is 4. The molecule has 0 saturated carbocycles. The van der Waals surface area contributed by atoms with Gasteiger partial charge < -0.3 is 10.5 Å². The molecule has 0 fully saturated rings. The minimum absolute atomic E-state index is 0.00872. The van der Waals surface area contributed by atoms with E-state index < -0.39 is 0 Å². The summed E-state index contributed by atoms with van der Waals surface area (Å²) in [7, 11) is 0. The van der Waals surface area contributed by atoms with Crippen LogP contribution in [0, 0.1) is 0 Å². The molecule has 0 atom stereocenters. The number of anilines is 1. The van der Waals surface area contributed by atoms with Gasteiger partial charge in [0.2, 0.25) is 0 Å². The molecule has 3 heterocycles. The summed E-state index contributed by atoms with van der Waals surface area (Å²) >= 11 is 1.84. The Hall–Kier alpha value is -4.35. The first-order valence-electron chi connectivity index (χ1n) is 12.8. The third-order valence-electron chi connectivity index (χ3n) is 7.18. The van der Waals surface area contributed by atoms with Crippen LogP contribution in [0.4, 0.5) is 5.69 Å².